The van der Waals surface area contributed by atoms with Gasteiger partial charge in [-0.05, 0) is 18.6 Å². The largest absolute Gasteiger partial charge is 0.479 e. The lowest BCUT2D eigenvalue weighted by Gasteiger charge is -2.11. The molecule has 0 saturated carbocycles. The van der Waals surface area contributed by atoms with Crippen molar-refractivity contribution >= 4 is 11.6 Å². The van der Waals surface area contributed by atoms with E-state index in [0.717, 1.165) is 11.1 Å². The minimum atomic E-state index is -0.102. The lowest BCUT2D eigenvalue weighted by molar-refractivity contribution is 0.398. The Labute approximate surface area is 111 Å². The van der Waals surface area contributed by atoms with Gasteiger partial charge < -0.3 is 10.5 Å². The summed E-state index contributed by atoms with van der Waals surface area (Å²) in [7, 11) is 1.56. The van der Waals surface area contributed by atoms with Gasteiger partial charge in [-0.25, -0.2) is 9.97 Å². The predicted octanol–water partition coefficient (Wildman–Crippen LogP) is 2.83. The Morgan fingerprint density at radius 1 is 1.28 bits per heavy atom. The van der Waals surface area contributed by atoms with Crippen molar-refractivity contribution in [2.75, 3.05) is 7.11 Å². The summed E-state index contributed by atoms with van der Waals surface area (Å²) in [6.07, 6.45) is 3.20. The van der Waals surface area contributed by atoms with Crippen molar-refractivity contribution in [2.24, 2.45) is 5.73 Å². The zero-order valence-corrected chi connectivity index (χ0v) is 11.0. The first-order valence-corrected chi connectivity index (χ1v) is 5.91. The van der Waals surface area contributed by atoms with Gasteiger partial charge in [-0.1, -0.05) is 23.7 Å². The van der Waals surface area contributed by atoms with Gasteiger partial charge in [0.1, 0.15) is 5.69 Å². The molecular weight excluding hydrogens is 250 g/mol. The minimum Gasteiger partial charge on any atom is -0.479 e. The molecule has 1 aromatic heterocycles. The highest BCUT2D eigenvalue weighted by atomic mass is 35.5. The van der Waals surface area contributed by atoms with Crippen LogP contribution < -0.4 is 10.5 Å². The number of nitrogens with two attached hydrogens (primary N) is 1. The number of rotatable bonds is 3. The number of benzene rings is 1. The van der Waals surface area contributed by atoms with Crippen molar-refractivity contribution in [3.8, 4) is 17.1 Å². The Morgan fingerprint density at radius 3 is 2.61 bits per heavy atom. The Bertz CT molecular complexity index is 558. The minimum absolute atomic E-state index is 0.102. The molecule has 0 radical (unpaired) electrons. The number of hydrogen-bond acceptors (Lipinski definition) is 4. The van der Waals surface area contributed by atoms with E-state index in [4.69, 9.17) is 22.1 Å². The smallest absolute Gasteiger partial charge is 0.240 e. The SMILES string of the molecule is COc1nccnc1-c1ccc(C(C)N)c(Cl)c1. The highest BCUT2D eigenvalue weighted by Gasteiger charge is 2.11. The average molecular weight is 264 g/mol. The highest BCUT2D eigenvalue weighted by Crippen LogP contribution is 2.30. The maximum absolute atomic E-state index is 6.20. The molecule has 4 nitrogen and oxygen atoms in total. The Balaban J connectivity index is 2.49. The number of ether oxygens (including phenoxy) is 1. The van der Waals surface area contributed by atoms with Gasteiger partial charge in [0.2, 0.25) is 5.88 Å². The van der Waals surface area contributed by atoms with Crippen LogP contribution in [0, 0.1) is 0 Å². The molecule has 0 aliphatic rings. The van der Waals surface area contributed by atoms with Crippen molar-refractivity contribution in [1.82, 2.24) is 9.97 Å². The molecule has 0 saturated heterocycles. The molecule has 2 rings (SSSR count). The summed E-state index contributed by atoms with van der Waals surface area (Å²) in [6, 6.07) is 5.54. The van der Waals surface area contributed by atoms with Crippen molar-refractivity contribution in [2.45, 2.75) is 13.0 Å². The van der Waals surface area contributed by atoms with Crippen molar-refractivity contribution < 1.29 is 4.74 Å². The third-order valence-corrected chi connectivity index (χ3v) is 2.95. The lowest BCUT2D eigenvalue weighted by atomic mass is 10.0. The van der Waals surface area contributed by atoms with Crippen LogP contribution in [0.4, 0.5) is 0 Å². The van der Waals surface area contributed by atoms with E-state index in [9.17, 15) is 0 Å². The second-order valence-electron chi connectivity index (χ2n) is 3.94. The molecule has 5 heteroatoms. The van der Waals surface area contributed by atoms with Crippen LogP contribution in [0.5, 0.6) is 5.88 Å². The van der Waals surface area contributed by atoms with Gasteiger partial charge in [0.25, 0.3) is 0 Å². The van der Waals surface area contributed by atoms with Crippen LogP contribution >= 0.6 is 11.6 Å². The van der Waals surface area contributed by atoms with Gasteiger partial charge in [-0.3, -0.25) is 0 Å². The normalized spacial score (nSPS) is 12.2. The quantitative estimate of drug-likeness (QED) is 0.925. The molecule has 2 N–H and O–H groups in total. The van der Waals surface area contributed by atoms with Crippen molar-refractivity contribution in [3.05, 3.63) is 41.2 Å². The van der Waals surface area contributed by atoms with Crippen LogP contribution in [-0.2, 0) is 0 Å². The Kier molecular flexibility index (Phi) is 3.79. The van der Waals surface area contributed by atoms with Gasteiger partial charge in [-0.15, -0.1) is 0 Å². The fourth-order valence-corrected chi connectivity index (χ4v) is 2.07. The van der Waals surface area contributed by atoms with E-state index in [1.54, 1.807) is 19.5 Å². The summed E-state index contributed by atoms with van der Waals surface area (Å²) < 4.78 is 5.18. The molecule has 2 aromatic rings. The molecule has 1 heterocycles. The molecule has 0 aliphatic heterocycles. The molecule has 0 spiro atoms. The first-order chi connectivity index (χ1) is 8.63. The van der Waals surface area contributed by atoms with Gasteiger partial charge in [0.15, 0.2) is 0 Å². The summed E-state index contributed by atoms with van der Waals surface area (Å²) in [5.74, 6) is 0.474. The fraction of sp³-hybridized carbons (Fsp3) is 0.231. The standard InChI is InChI=1S/C13H14ClN3O/c1-8(15)10-4-3-9(7-11(10)14)12-13(18-2)17-6-5-16-12/h3-8H,15H2,1-2H3. The monoisotopic (exact) mass is 263 g/mol. The predicted molar refractivity (Wildman–Crippen MR) is 71.6 cm³/mol. The van der Waals surface area contributed by atoms with E-state index < -0.39 is 0 Å². The van der Waals surface area contributed by atoms with Crippen LogP contribution in [0.2, 0.25) is 5.02 Å². The first-order valence-electron chi connectivity index (χ1n) is 5.54. The molecule has 18 heavy (non-hydrogen) atoms. The topological polar surface area (TPSA) is 61.0 Å². The number of nitrogens with zero attached hydrogens (tertiary/aromatic N) is 2. The van der Waals surface area contributed by atoms with Crippen LogP contribution in [0.1, 0.15) is 18.5 Å². The summed E-state index contributed by atoms with van der Waals surface area (Å²) in [5, 5.41) is 0.621. The maximum Gasteiger partial charge on any atom is 0.240 e. The average Bonchev–Trinajstić information content (AvgIpc) is 2.38. The van der Waals surface area contributed by atoms with Crippen LogP contribution in [-0.4, -0.2) is 17.1 Å². The summed E-state index contributed by atoms with van der Waals surface area (Å²) in [6.45, 7) is 1.89. The number of aromatic nitrogens is 2. The third-order valence-electron chi connectivity index (χ3n) is 2.62. The molecule has 0 aliphatic carbocycles. The van der Waals surface area contributed by atoms with Crippen LogP contribution in [0.25, 0.3) is 11.3 Å². The van der Waals surface area contributed by atoms with E-state index in [1.165, 1.54) is 0 Å². The molecule has 1 atom stereocenters. The molecule has 1 aromatic carbocycles. The third kappa shape index (κ3) is 2.44. The summed E-state index contributed by atoms with van der Waals surface area (Å²) in [4.78, 5) is 8.37. The molecular formula is C13H14ClN3O. The zero-order chi connectivity index (χ0) is 13.1. The number of halogens is 1. The molecule has 0 fully saturated rings. The van der Waals surface area contributed by atoms with Crippen molar-refractivity contribution in [3.63, 3.8) is 0 Å². The molecule has 1 unspecified atom stereocenters. The Hall–Kier alpha value is -1.65. The van der Waals surface area contributed by atoms with Gasteiger partial charge in [0, 0.05) is 29.0 Å². The summed E-state index contributed by atoms with van der Waals surface area (Å²) >= 11 is 6.20. The molecule has 94 valence electrons. The number of methoxy groups -OCH3 is 1. The number of hydrogen-bond donors (Lipinski definition) is 1. The van der Waals surface area contributed by atoms with Gasteiger partial charge in [0.05, 0.1) is 7.11 Å². The second-order valence-corrected chi connectivity index (χ2v) is 4.35. The lowest BCUT2D eigenvalue weighted by Crippen LogP contribution is -2.05. The highest BCUT2D eigenvalue weighted by molar-refractivity contribution is 6.31. The Morgan fingerprint density at radius 2 is 2.00 bits per heavy atom. The fourth-order valence-electron chi connectivity index (χ4n) is 1.72. The van der Waals surface area contributed by atoms with Gasteiger partial charge >= 0.3 is 0 Å². The second kappa shape index (κ2) is 5.33. The van der Waals surface area contributed by atoms with E-state index in [0.29, 0.717) is 16.6 Å². The zero-order valence-electron chi connectivity index (χ0n) is 10.2. The van der Waals surface area contributed by atoms with Gasteiger partial charge in [-0.2, -0.15) is 0 Å². The molecule has 0 bridgehead atoms. The van der Waals surface area contributed by atoms with E-state index in [-0.39, 0.29) is 6.04 Å². The summed E-state index contributed by atoms with van der Waals surface area (Å²) in [5.41, 5.74) is 8.25. The van der Waals surface area contributed by atoms with Crippen LogP contribution in [0.15, 0.2) is 30.6 Å². The maximum atomic E-state index is 6.20. The van der Waals surface area contributed by atoms with E-state index in [2.05, 4.69) is 9.97 Å². The van der Waals surface area contributed by atoms with E-state index in [1.807, 2.05) is 25.1 Å². The van der Waals surface area contributed by atoms with E-state index >= 15 is 0 Å². The van der Waals surface area contributed by atoms with Crippen molar-refractivity contribution in [1.29, 1.82) is 0 Å². The molecule has 0 amide bonds. The van der Waals surface area contributed by atoms with Crippen LogP contribution in [0.3, 0.4) is 0 Å². The first kappa shape index (κ1) is 12.8.